The Morgan fingerprint density at radius 3 is 2.57 bits per heavy atom. The largest absolute Gasteiger partial charge is 0.497 e. The molecule has 0 amide bonds. The first-order valence-electron chi connectivity index (χ1n) is 7.36. The van der Waals surface area contributed by atoms with Crippen LogP contribution in [-0.4, -0.2) is 32.1 Å². The molecule has 122 valence electrons. The molecule has 6 heteroatoms. The zero-order valence-corrected chi connectivity index (χ0v) is 14.7. The molecule has 0 bridgehead atoms. The van der Waals surface area contributed by atoms with E-state index in [1.54, 1.807) is 41.4 Å². The van der Waals surface area contributed by atoms with Crippen molar-refractivity contribution in [1.29, 1.82) is 0 Å². The summed E-state index contributed by atoms with van der Waals surface area (Å²) in [7, 11) is -1.87. The van der Waals surface area contributed by atoms with E-state index < -0.39 is 10.0 Å². The molecule has 0 aromatic heterocycles. The molecule has 4 nitrogen and oxygen atoms in total. The van der Waals surface area contributed by atoms with Crippen LogP contribution in [0.4, 0.5) is 0 Å². The summed E-state index contributed by atoms with van der Waals surface area (Å²) in [6.07, 6.45) is 0. The zero-order chi connectivity index (χ0) is 16.4. The van der Waals surface area contributed by atoms with Gasteiger partial charge in [0.15, 0.2) is 0 Å². The normalized spacial score (nSPS) is 19.0. The minimum atomic E-state index is -3.49. The number of hydrogen-bond acceptors (Lipinski definition) is 4. The van der Waals surface area contributed by atoms with E-state index in [1.165, 1.54) is 0 Å². The fourth-order valence-corrected chi connectivity index (χ4v) is 5.99. The Morgan fingerprint density at radius 1 is 1.17 bits per heavy atom. The highest BCUT2D eigenvalue weighted by Crippen LogP contribution is 2.41. The quantitative estimate of drug-likeness (QED) is 0.848. The second kappa shape index (κ2) is 6.55. The summed E-state index contributed by atoms with van der Waals surface area (Å²) in [4.78, 5) is 0.360. The molecule has 2 aromatic carbocycles. The molecule has 23 heavy (non-hydrogen) atoms. The van der Waals surface area contributed by atoms with E-state index in [9.17, 15) is 8.42 Å². The Hall–Kier alpha value is -1.50. The molecule has 1 fully saturated rings. The summed E-state index contributed by atoms with van der Waals surface area (Å²) >= 11 is 1.65. The number of methoxy groups -OCH3 is 1. The molecule has 0 saturated carbocycles. The number of sulfonamides is 1. The van der Waals surface area contributed by atoms with Gasteiger partial charge in [0.2, 0.25) is 10.0 Å². The summed E-state index contributed by atoms with van der Waals surface area (Å²) in [6.45, 7) is 2.43. The van der Waals surface area contributed by atoms with Crippen LogP contribution in [0.5, 0.6) is 5.75 Å². The first kappa shape index (κ1) is 16.4. The third kappa shape index (κ3) is 3.24. The van der Waals surface area contributed by atoms with Crippen LogP contribution in [0.3, 0.4) is 0 Å². The molecule has 0 aliphatic carbocycles. The highest BCUT2D eigenvalue weighted by molar-refractivity contribution is 8.01. The van der Waals surface area contributed by atoms with E-state index in [-0.39, 0.29) is 5.37 Å². The summed E-state index contributed by atoms with van der Waals surface area (Å²) in [5.74, 6) is 1.56. The van der Waals surface area contributed by atoms with Crippen molar-refractivity contribution in [2.45, 2.75) is 17.2 Å². The lowest BCUT2D eigenvalue weighted by molar-refractivity contribution is 0.413. The van der Waals surface area contributed by atoms with Gasteiger partial charge < -0.3 is 4.74 Å². The summed E-state index contributed by atoms with van der Waals surface area (Å²) in [5.41, 5.74) is 1.92. The van der Waals surface area contributed by atoms with Gasteiger partial charge in [-0.3, -0.25) is 0 Å². The fourth-order valence-electron chi connectivity index (χ4n) is 2.64. The van der Waals surface area contributed by atoms with Crippen LogP contribution in [0.25, 0.3) is 0 Å². The van der Waals surface area contributed by atoms with Crippen molar-refractivity contribution in [3.05, 3.63) is 59.7 Å². The van der Waals surface area contributed by atoms with Crippen molar-refractivity contribution in [1.82, 2.24) is 4.31 Å². The number of hydrogen-bond donors (Lipinski definition) is 0. The first-order chi connectivity index (χ1) is 11.0. The predicted octanol–water partition coefficient (Wildman–Crippen LogP) is 3.44. The first-order valence-corrected chi connectivity index (χ1v) is 9.85. The Bertz CT molecular complexity index is 788. The topological polar surface area (TPSA) is 46.6 Å². The van der Waals surface area contributed by atoms with Gasteiger partial charge in [0, 0.05) is 12.3 Å². The van der Waals surface area contributed by atoms with Crippen molar-refractivity contribution in [2.24, 2.45) is 0 Å². The van der Waals surface area contributed by atoms with Gasteiger partial charge in [-0.05, 0) is 42.3 Å². The number of ether oxygens (including phenoxy) is 1. The van der Waals surface area contributed by atoms with Crippen LogP contribution < -0.4 is 4.74 Å². The van der Waals surface area contributed by atoms with Crippen LogP contribution in [-0.2, 0) is 10.0 Å². The van der Waals surface area contributed by atoms with Crippen molar-refractivity contribution in [3.8, 4) is 5.75 Å². The Kier molecular flexibility index (Phi) is 4.66. The molecule has 0 N–H and O–H groups in total. The summed E-state index contributed by atoms with van der Waals surface area (Å²) < 4.78 is 32.7. The van der Waals surface area contributed by atoms with Crippen molar-refractivity contribution >= 4 is 21.8 Å². The van der Waals surface area contributed by atoms with Gasteiger partial charge in [0.05, 0.1) is 17.4 Å². The predicted molar refractivity (Wildman–Crippen MR) is 93.3 cm³/mol. The maximum Gasteiger partial charge on any atom is 0.244 e. The average Bonchev–Trinajstić information content (AvgIpc) is 3.05. The monoisotopic (exact) mass is 349 g/mol. The van der Waals surface area contributed by atoms with E-state index in [0.717, 1.165) is 22.6 Å². The summed E-state index contributed by atoms with van der Waals surface area (Å²) in [5, 5.41) is -0.189. The van der Waals surface area contributed by atoms with Crippen LogP contribution in [0.15, 0.2) is 53.4 Å². The van der Waals surface area contributed by atoms with Gasteiger partial charge in [-0.25, -0.2) is 8.42 Å². The Morgan fingerprint density at radius 2 is 1.91 bits per heavy atom. The van der Waals surface area contributed by atoms with Gasteiger partial charge in [0.1, 0.15) is 5.75 Å². The number of benzene rings is 2. The summed E-state index contributed by atoms with van der Waals surface area (Å²) in [6, 6.07) is 14.7. The van der Waals surface area contributed by atoms with E-state index in [4.69, 9.17) is 4.74 Å². The molecular formula is C17H19NO3S2. The second-order valence-corrected chi connectivity index (χ2v) is 8.51. The minimum absolute atomic E-state index is 0.189. The van der Waals surface area contributed by atoms with Crippen molar-refractivity contribution in [2.75, 3.05) is 19.4 Å². The lowest BCUT2D eigenvalue weighted by Crippen LogP contribution is -2.30. The fraction of sp³-hybridized carbons (Fsp3) is 0.294. The van der Waals surface area contributed by atoms with E-state index >= 15 is 0 Å². The smallest absolute Gasteiger partial charge is 0.244 e. The Balaban J connectivity index is 1.94. The van der Waals surface area contributed by atoms with Gasteiger partial charge in [-0.2, -0.15) is 4.31 Å². The lowest BCUT2D eigenvalue weighted by atomic mass is 10.2. The molecular weight excluding hydrogens is 330 g/mol. The van der Waals surface area contributed by atoms with E-state index in [0.29, 0.717) is 11.4 Å². The zero-order valence-electron chi connectivity index (χ0n) is 13.1. The SMILES string of the molecule is COc1ccc([C@H]2SCCN2S(=O)(=O)c2cccc(C)c2)cc1. The number of aryl methyl sites for hydroxylation is 1. The van der Waals surface area contributed by atoms with Gasteiger partial charge in [-0.1, -0.05) is 24.3 Å². The third-order valence-corrected chi connectivity index (χ3v) is 7.10. The molecule has 1 atom stereocenters. The highest BCUT2D eigenvalue weighted by Gasteiger charge is 2.36. The Labute approximate surface area is 141 Å². The molecule has 0 unspecified atom stereocenters. The van der Waals surface area contributed by atoms with E-state index in [1.807, 2.05) is 37.3 Å². The van der Waals surface area contributed by atoms with Crippen molar-refractivity contribution in [3.63, 3.8) is 0 Å². The number of nitrogens with zero attached hydrogens (tertiary/aromatic N) is 1. The second-order valence-electron chi connectivity index (χ2n) is 5.43. The molecule has 1 heterocycles. The standard InChI is InChI=1S/C17H19NO3S2/c1-13-4-3-5-16(12-13)23(19,20)18-10-11-22-17(18)14-6-8-15(21-2)9-7-14/h3-9,12,17H,10-11H2,1-2H3/t17-/m1/s1. The maximum atomic E-state index is 13.0. The van der Waals surface area contributed by atoms with Gasteiger partial charge >= 0.3 is 0 Å². The van der Waals surface area contributed by atoms with Gasteiger partial charge in [-0.15, -0.1) is 11.8 Å². The molecule has 0 spiro atoms. The molecule has 1 saturated heterocycles. The molecule has 3 rings (SSSR count). The van der Waals surface area contributed by atoms with Crippen molar-refractivity contribution < 1.29 is 13.2 Å². The van der Waals surface area contributed by atoms with Gasteiger partial charge in [0.25, 0.3) is 0 Å². The van der Waals surface area contributed by atoms with E-state index in [2.05, 4.69) is 0 Å². The molecule has 1 aliphatic rings. The third-order valence-electron chi connectivity index (χ3n) is 3.85. The van der Waals surface area contributed by atoms with Crippen LogP contribution in [0.2, 0.25) is 0 Å². The van der Waals surface area contributed by atoms with Crippen LogP contribution in [0.1, 0.15) is 16.5 Å². The van der Waals surface area contributed by atoms with Crippen LogP contribution >= 0.6 is 11.8 Å². The minimum Gasteiger partial charge on any atom is -0.497 e. The average molecular weight is 349 g/mol. The maximum absolute atomic E-state index is 13.0. The number of rotatable bonds is 4. The molecule has 2 aromatic rings. The highest BCUT2D eigenvalue weighted by atomic mass is 32.2. The molecule has 1 aliphatic heterocycles. The lowest BCUT2D eigenvalue weighted by Gasteiger charge is -2.24. The van der Waals surface area contributed by atoms with Crippen LogP contribution in [0, 0.1) is 6.92 Å². The molecule has 0 radical (unpaired) electrons. The number of thioether (sulfide) groups is 1.